The fourth-order valence-corrected chi connectivity index (χ4v) is 1.70. The molecule has 0 fully saturated rings. The summed E-state index contributed by atoms with van der Waals surface area (Å²) in [5.74, 6) is -0.244. The third-order valence-corrected chi connectivity index (χ3v) is 2.73. The van der Waals surface area contributed by atoms with E-state index in [2.05, 4.69) is 10.5 Å². The molecule has 1 aromatic rings. The van der Waals surface area contributed by atoms with Gasteiger partial charge in [0.25, 0.3) is 5.91 Å². The lowest BCUT2D eigenvalue weighted by atomic mass is 10.0. The number of carbonyl (C=O) groups is 1. The van der Waals surface area contributed by atoms with Crippen molar-refractivity contribution < 1.29 is 14.7 Å². The molecule has 18 heavy (non-hydrogen) atoms. The van der Waals surface area contributed by atoms with E-state index in [-0.39, 0.29) is 18.6 Å². The molecule has 1 heterocycles. The van der Waals surface area contributed by atoms with E-state index in [0.29, 0.717) is 6.42 Å². The van der Waals surface area contributed by atoms with Gasteiger partial charge in [-0.1, -0.05) is 35.5 Å². The molecule has 0 aliphatic carbocycles. The molecule has 1 aliphatic rings. The van der Waals surface area contributed by atoms with E-state index in [1.165, 1.54) is 0 Å². The minimum atomic E-state index is -0.603. The van der Waals surface area contributed by atoms with E-state index < -0.39 is 6.10 Å². The van der Waals surface area contributed by atoms with E-state index in [4.69, 9.17) is 9.94 Å². The SMILES string of the molecule is C[C@@H](CO)NC(=O)C1CC(c2ccccc2)=NO1. The predicted molar refractivity (Wildman–Crippen MR) is 67.2 cm³/mol. The van der Waals surface area contributed by atoms with E-state index >= 15 is 0 Å². The van der Waals surface area contributed by atoms with E-state index in [9.17, 15) is 4.79 Å². The lowest BCUT2D eigenvalue weighted by Crippen LogP contribution is -2.41. The van der Waals surface area contributed by atoms with Gasteiger partial charge in [0.15, 0.2) is 0 Å². The predicted octanol–water partition coefficient (Wildman–Crippen LogP) is 0.677. The van der Waals surface area contributed by atoms with Gasteiger partial charge in [-0.05, 0) is 12.5 Å². The molecule has 0 radical (unpaired) electrons. The van der Waals surface area contributed by atoms with Crippen molar-refractivity contribution >= 4 is 11.6 Å². The number of amides is 1. The summed E-state index contributed by atoms with van der Waals surface area (Å²) in [7, 11) is 0. The number of nitrogens with zero attached hydrogens (tertiary/aromatic N) is 1. The second kappa shape index (κ2) is 5.64. The maximum Gasteiger partial charge on any atom is 0.264 e. The molecule has 5 nitrogen and oxygen atoms in total. The highest BCUT2D eigenvalue weighted by atomic mass is 16.6. The van der Waals surface area contributed by atoms with Crippen LogP contribution in [-0.2, 0) is 9.63 Å². The number of carbonyl (C=O) groups excluding carboxylic acids is 1. The lowest BCUT2D eigenvalue weighted by molar-refractivity contribution is -0.132. The van der Waals surface area contributed by atoms with Crippen LogP contribution in [0.25, 0.3) is 0 Å². The second-order valence-corrected chi connectivity index (χ2v) is 4.29. The minimum Gasteiger partial charge on any atom is -0.394 e. The standard InChI is InChI=1S/C13H16N2O3/c1-9(8-16)14-13(17)12-7-11(15-18-12)10-5-3-2-4-6-10/h2-6,9,12,16H,7-8H2,1H3,(H,14,17)/t9-,12?/m0/s1. The number of rotatable bonds is 4. The summed E-state index contributed by atoms with van der Waals surface area (Å²) in [5, 5.41) is 15.5. The monoisotopic (exact) mass is 248 g/mol. The van der Waals surface area contributed by atoms with Crippen LogP contribution in [-0.4, -0.2) is 35.5 Å². The summed E-state index contributed by atoms with van der Waals surface area (Å²) in [5.41, 5.74) is 1.73. The van der Waals surface area contributed by atoms with Crippen LogP contribution in [0.5, 0.6) is 0 Å². The number of aliphatic hydroxyl groups is 1. The van der Waals surface area contributed by atoms with Crippen LogP contribution in [0.15, 0.2) is 35.5 Å². The summed E-state index contributed by atoms with van der Waals surface area (Å²) >= 11 is 0. The number of hydrogen-bond donors (Lipinski definition) is 2. The first-order valence-corrected chi connectivity index (χ1v) is 5.90. The van der Waals surface area contributed by atoms with E-state index in [0.717, 1.165) is 11.3 Å². The Balaban J connectivity index is 1.93. The van der Waals surface area contributed by atoms with Gasteiger partial charge in [-0.2, -0.15) is 0 Å². The zero-order valence-corrected chi connectivity index (χ0v) is 10.2. The van der Waals surface area contributed by atoms with Crippen LogP contribution in [0.2, 0.25) is 0 Å². The molecular weight excluding hydrogens is 232 g/mol. The molecular formula is C13H16N2O3. The Labute approximate surface area is 105 Å². The normalized spacial score (nSPS) is 19.9. The number of hydrogen-bond acceptors (Lipinski definition) is 4. The molecule has 5 heteroatoms. The highest BCUT2D eigenvalue weighted by Gasteiger charge is 2.29. The molecule has 0 bridgehead atoms. The zero-order valence-electron chi connectivity index (χ0n) is 10.2. The third kappa shape index (κ3) is 2.87. The lowest BCUT2D eigenvalue weighted by Gasteiger charge is -2.13. The summed E-state index contributed by atoms with van der Waals surface area (Å²) in [6.45, 7) is 1.64. The smallest absolute Gasteiger partial charge is 0.264 e. The molecule has 2 atom stereocenters. The number of oxime groups is 1. The molecule has 1 aromatic carbocycles. The molecule has 2 rings (SSSR count). The number of benzene rings is 1. The Morgan fingerprint density at radius 3 is 2.94 bits per heavy atom. The van der Waals surface area contributed by atoms with Crippen molar-refractivity contribution in [1.29, 1.82) is 0 Å². The van der Waals surface area contributed by atoms with Crippen molar-refractivity contribution in [2.75, 3.05) is 6.61 Å². The quantitative estimate of drug-likeness (QED) is 0.823. The van der Waals surface area contributed by atoms with Crippen LogP contribution < -0.4 is 5.32 Å². The second-order valence-electron chi connectivity index (χ2n) is 4.29. The average molecular weight is 248 g/mol. The van der Waals surface area contributed by atoms with Crippen LogP contribution in [0.1, 0.15) is 18.9 Å². The topological polar surface area (TPSA) is 70.9 Å². The molecule has 2 N–H and O–H groups in total. The zero-order chi connectivity index (χ0) is 13.0. The van der Waals surface area contributed by atoms with Crippen molar-refractivity contribution in [3.8, 4) is 0 Å². The molecule has 1 amide bonds. The van der Waals surface area contributed by atoms with Crippen molar-refractivity contribution in [3.05, 3.63) is 35.9 Å². The van der Waals surface area contributed by atoms with Gasteiger partial charge in [-0.25, -0.2) is 0 Å². The van der Waals surface area contributed by atoms with Crippen LogP contribution in [0.4, 0.5) is 0 Å². The van der Waals surface area contributed by atoms with Crippen molar-refractivity contribution in [2.24, 2.45) is 5.16 Å². The molecule has 96 valence electrons. The molecule has 1 unspecified atom stereocenters. The average Bonchev–Trinajstić information content (AvgIpc) is 2.89. The highest BCUT2D eigenvalue weighted by molar-refractivity contribution is 6.04. The maximum atomic E-state index is 11.8. The van der Waals surface area contributed by atoms with Gasteiger partial charge in [-0.15, -0.1) is 0 Å². The van der Waals surface area contributed by atoms with Gasteiger partial charge in [0.2, 0.25) is 6.10 Å². The summed E-state index contributed by atoms with van der Waals surface area (Å²) in [4.78, 5) is 16.9. The van der Waals surface area contributed by atoms with Gasteiger partial charge >= 0.3 is 0 Å². The van der Waals surface area contributed by atoms with Gasteiger partial charge in [0.05, 0.1) is 12.3 Å². The molecule has 1 aliphatic heterocycles. The largest absolute Gasteiger partial charge is 0.394 e. The summed E-state index contributed by atoms with van der Waals surface area (Å²) < 4.78 is 0. The number of nitrogens with one attached hydrogen (secondary N) is 1. The molecule has 0 spiro atoms. The minimum absolute atomic E-state index is 0.0924. The van der Waals surface area contributed by atoms with E-state index in [1.54, 1.807) is 6.92 Å². The fourth-order valence-electron chi connectivity index (χ4n) is 1.70. The Bertz CT molecular complexity index is 445. The Morgan fingerprint density at radius 2 is 2.28 bits per heavy atom. The first kappa shape index (κ1) is 12.6. The van der Waals surface area contributed by atoms with E-state index in [1.807, 2.05) is 30.3 Å². The Hall–Kier alpha value is -1.88. The molecule has 0 saturated heterocycles. The van der Waals surface area contributed by atoms with Crippen molar-refractivity contribution in [3.63, 3.8) is 0 Å². The maximum absolute atomic E-state index is 11.8. The van der Waals surface area contributed by atoms with Crippen molar-refractivity contribution in [1.82, 2.24) is 5.32 Å². The first-order valence-electron chi connectivity index (χ1n) is 5.90. The number of aliphatic hydroxyl groups excluding tert-OH is 1. The van der Waals surface area contributed by atoms with Crippen LogP contribution >= 0.6 is 0 Å². The molecule has 0 saturated carbocycles. The van der Waals surface area contributed by atoms with Crippen LogP contribution in [0.3, 0.4) is 0 Å². The third-order valence-electron chi connectivity index (χ3n) is 2.73. The molecule has 0 aromatic heterocycles. The Kier molecular flexibility index (Phi) is 3.94. The first-order chi connectivity index (χ1) is 8.70. The highest BCUT2D eigenvalue weighted by Crippen LogP contribution is 2.16. The summed E-state index contributed by atoms with van der Waals surface area (Å²) in [6, 6.07) is 9.34. The van der Waals surface area contributed by atoms with Crippen LogP contribution in [0, 0.1) is 0 Å². The van der Waals surface area contributed by atoms with Gasteiger partial charge in [0.1, 0.15) is 0 Å². The fraction of sp³-hybridized carbons (Fsp3) is 0.385. The summed E-state index contributed by atoms with van der Waals surface area (Å²) in [6.07, 6.45) is -0.150. The van der Waals surface area contributed by atoms with Gasteiger partial charge in [0, 0.05) is 12.5 Å². The van der Waals surface area contributed by atoms with Gasteiger partial charge in [-0.3, -0.25) is 4.79 Å². The van der Waals surface area contributed by atoms with Gasteiger partial charge < -0.3 is 15.3 Å². The Morgan fingerprint density at radius 1 is 1.56 bits per heavy atom. The van der Waals surface area contributed by atoms with Crippen molar-refractivity contribution in [2.45, 2.75) is 25.5 Å².